The molecule has 2 aromatic rings. The second-order valence-electron chi connectivity index (χ2n) is 7.06. The van der Waals surface area contributed by atoms with Crippen LogP contribution in [-0.4, -0.2) is 57.0 Å². The number of nitrogens with zero attached hydrogens (tertiary/aromatic N) is 3. The number of aliphatic imine (C=N–C) groups is 1. The molecule has 0 spiro atoms. The van der Waals surface area contributed by atoms with Crippen LogP contribution in [0.3, 0.4) is 0 Å². The molecule has 0 aliphatic carbocycles. The Morgan fingerprint density at radius 1 is 1.13 bits per heavy atom. The van der Waals surface area contributed by atoms with Crippen LogP contribution in [-0.2, 0) is 33.6 Å². The van der Waals surface area contributed by atoms with Crippen molar-refractivity contribution in [2.24, 2.45) is 4.99 Å². The van der Waals surface area contributed by atoms with Gasteiger partial charge in [-0.1, -0.05) is 24.3 Å². The van der Waals surface area contributed by atoms with Crippen molar-refractivity contribution in [2.75, 3.05) is 33.4 Å². The Bertz CT molecular complexity index is 968. The predicted molar refractivity (Wildman–Crippen MR) is 130 cm³/mol. The van der Waals surface area contributed by atoms with Gasteiger partial charge in [0.25, 0.3) is 0 Å². The maximum atomic E-state index is 12.8. The second-order valence-corrected chi connectivity index (χ2v) is 9.03. The lowest BCUT2D eigenvalue weighted by molar-refractivity contribution is 0.0729. The van der Waals surface area contributed by atoms with Gasteiger partial charge in [0.15, 0.2) is 5.96 Å². The summed E-state index contributed by atoms with van der Waals surface area (Å²) in [5.41, 5.74) is 2.54. The molecule has 172 valence electrons. The number of benzene rings is 1. The molecule has 11 heteroatoms. The van der Waals surface area contributed by atoms with Gasteiger partial charge in [-0.05, 0) is 25.0 Å². The molecule has 2 N–H and O–H groups in total. The largest absolute Gasteiger partial charge is 0.444 e. The average Bonchev–Trinajstić information content (AvgIpc) is 3.07. The molecule has 0 atom stereocenters. The fourth-order valence-corrected chi connectivity index (χ4v) is 4.72. The lowest BCUT2D eigenvalue weighted by Gasteiger charge is -2.26. The van der Waals surface area contributed by atoms with E-state index in [1.54, 1.807) is 7.05 Å². The Morgan fingerprint density at radius 3 is 2.39 bits per heavy atom. The highest BCUT2D eigenvalue weighted by Crippen LogP contribution is 2.16. The molecule has 1 fully saturated rings. The Morgan fingerprint density at radius 2 is 1.77 bits per heavy atom. The van der Waals surface area contributed by atoms with Gasteiger partial charge in [-0.3, -0.25) is 4.99 Å². The maximum Gasteiger partial charge on any atom is 0.218 e. The molecule has 0 saturated carbocycles. The van der Waals surface area contributed by atoms with E-state index in [1.807, 2.05) is 38.1 Å². The molecular formula is C20H30IN5O4S. The first-order valence-electron chi connectivity index (χ1n) is 9.89. The van der Waals surface area contributed by atoms with Crippen LogP contribution in [0.1, 0.15) is 28.5 Å². The van der Waals surface area contributed by atoms with Gasteiger partial charge in [-0.2, -0.15) is 4.31 Å². The lowest BCUT2D eigenvalue weighted by Crippen LogP contribution is -2.41. The number of rotatable bonds is 7. The Kier molecular flexibility index (Phi) is 9.72. The molecule has 0 radical (unpaired) electrons. The van der Waals surface area contributed by atoms with Crippen LogP contribution in [0, 0.1) is 13.8 Å². The number of halogens is 1. The van der Waals surface area contributed by atoms with Crippen molar-refractivity contribution >= 4 is 40.0 Å². The van der Waals surface area contributed by atoms with Crippen LogP contribution in [0.15, 0.2) is 33.7 Å². The number of hydrogen-bond acceptors (Lipinski definition) is 6. The molecule has 1 saturated heterocycles. The van der Waals surface area contributed by atoms with Crippen LogP contribution < -0.4 is 10.6 Å². The average molecular weight is 563 g/mol. The van der Waals surface area contributed by atoms with Crippen LogP contribution >= 0.6 is 24.0 Å². The molecular weight excluding hydrogens is 533 g/mol. The molecule has 0 bridgehead atoms. The first-order chi connectivity index (χ1) is 14.4. The minimum Gasteiger partial charge on any atom is -0.444 e. The van der Waals surface area contributed by atoms with Crippen molar-refractivity contribution in [3.05, 3.63) is 52.7 Å². The highest BCUT2D eigenvalue weighted by Gasteiger charge is 2.25. The van der Waals surface area contributed by atoms with E-state index in [9.17, 15) is 8.42 Å². The summed E-state index contributed by atoms with van der Waals surface area (Å²) in [6.45, 7) is 6.30. The Hall–Kier alpha value is -1.70. The van der Waals surface area contributed by atoms with Gasteiger partial charge >= 0.3 is 0 Å². The van der Waals surface area contributed by atoms with E-state index in [-0.39, 0.29) is 29.7 Å². The molecule has 31 heavy (non-hydrogen) atoms. The highest BCUT2D eigenvalue weighted by molar-refractivity contribution is 14.0. The molecule has 1 aromatic carbocycles. The summed E-state index contributed by atoms with van der Waals surface area (Å²) in [5.74, 6) is 1.93. The quantitative estimate of drug-likeness (QED) is 0.301. The van der Waals surface area contributed by atoms with Gasteiger partial charge in [-0.15, -0.1) is 24.0 Å². The first-order valence-corrected chi connectivity index (χ1v) is 11.5. The molecule has 1 aliphatic rings. The van der Waals surface area contributed by atoms with Crippen LogP contribution in [0.5, 0.6) is 0 Å². The molecule has 0 amide bonds. The monoisotopic (exact) mass is 563 g/mol. The number of aromatic nitrogens is 1. The number of oxazole rings is 1. The minimum absolute atomic E-state index is 0. The zero-order chi connectivity index (χ0) is 21.6. The molecule has 2 heterocycles. The summed E-state index contributed by atoms with van der Waals surface area (Å²) in [7, 11) is -1.72. The minimum atomic E-state index is -3.39. The Balaban J connectivity index is 0.00000341. The third-order valence-electron chi connectivity index (χ3n) is 4.97. The van der Waals surface area contributed by atoms with Gasteiger partial charge in [0.2, 0.25) is 15.9 Å². The third-order valence-corrected chi connectivity index (χ3v) is 6.80. The highest BCUT2D eigenvalue weighted by atomic mass is 127. The van der Waals surface area contributed by atoms with Crippen LogP contribution in [0.2, 0.25) is 0 Å². The fraction of sp³-hybridized carbons (Fsp3) is 0.500. The first kappa shape index (κ1) is 25.6. The van der Waals surface area contributed by atoms with Gasteiger partial charge < -0.3 is 19.8 Å². The van der Waals surface area contributed by atoms with E-state index in [1.165, 1.54) is 4.31 Å². The number of hydrogen-bond donors (Lipinski definition) is 2. The number of aryl methyl sites for hydroxylation is 2. The summed E-state index contributed by atoms with van der Waals surface area (Å²) in [4.78, 5) is 8.55. The topological polar surface area (TPSA) is 109 Å². The standard InChI is InChI=1S/C20H29N5O4S.HI/c1-15-16(2)29-19(24-15)13-23-20(21-3)22-12-17-6-4-5-7-18(17)14-30(26,27)25-8-10-28-11-9-25;/h4-7H,8-14H2,1-3H3,(H2,21,22,23);1H. The zero-order valence-electron chi connectivity index (χ0n) is 18.1. The summed E-state index contributed by atoms with van der Waals surface area (Å²) in [5, 5.41) is 6.38. The maximum absolute atomic E-state index is 12.8. The summed E-state index contributed by atoms with van der Waals surface area (Å²) < 4.78 is 37.9. The van der Waals surface area contributed by atoms with Crippen molar-refractivity contribution < 1.29 is 17.6 Å². The fourth-order valence-electron chi connectivity index (χ4n) is 3.16. The number of nitrogens with one attached hydrogen (secondary N) is 2. The van der Waals surface area contributed by atoms with Gasteiger partial charge in [0.05, 0.1) is 31.2 Å². The van der Waals surface area contributed by atoms with Crippen molar-refractivity contribution in [1.29, 1.82) is 0 Å². The van der Waals surface area contributed by atoms with Gasteiger partial charge in [0.1, 0.15) is 5.76 Å². The summed E-state index contributed by atoms with van der Waals surface area (Å²) >= 11 is 0. The third kappa shape index (κ3) is 7.16. The van der Waals surface area contributed by atoms with E-state index in [4.69, 9.17) is 9.15 Å². The summed E-state index contributed by atoms with van der Waals surface area (Å²) in [6, 6.07) is 7.53. The number of sulfonamides is 1. The van der Waals surface area contributed by atoms with Gasteiger partial charge in [-0.25, -0.2) is 13.4 Å². The predicted octanol–water partition coefficient (Wildman–Crippen LogP) is 1.94. The molecule has 3 rings (SSSR count). The Labute approximate surface area is 200 Å². The number of morpholine rings is 1. The van der Waals surface area contributed by atoms with E-state index in [0.29, 0.717) is 51.2 Å². The lowest BCUT2D eigenvalue weighted by atomic mass is 10.1. The van der Waals surface area contributed by atoms with E-state index in [2.05, 4.69) is 20.6 Å². The van der Waals surface area contributed by atoms with Crippen molar-refractivity contribution in [3.63, 3.8) is 0 Å². The van der Waals surface area contributed by atoms with Crippen LogP contribution in [0.25, 0.3) is 0 Å². The molecule has 9 nitrogen and oxygen atoms in total. The van der Waals surface area contributed by atoms with Crippen LogP contribution in [0.4, 0.5) is 0 Å². The van der Waals surface area contributed by atoms with E-state index in [0.717, 1.165) is 22.6 Å². The van der Waals surface area contributed by atoms with Crippen molar-refractivity contribution in [2.45, 2.75) is 32.7 Å². The molecule has 0 unspecified atom stereocenters. The smallest absolute Gasteiger partial charge is 0.218 e. The summed E-state index contributed by atoms with van der Waals surface area (Å²) in [6.07, 6.45) is 0. The van der Waals surface area contributed by atoms with E-state index >= 15 is 0 Å². The van der Waals surface area contributed by atoms with E-state index < -0.39 is 10.0 Å². The number of guanidine groups is 1. The second kappa shape index (κ2) is 11.8. The van der Waals surface area contributed by atoms with Crippen molar-refractivity contribution in [3.8, 4) is 0 Å². The SMILES string of the molecule is CN=C(NCc1nc(C)c(C)o1)NCc1ccccc1CS(=O)(=O)N1CCOCC1.I. The zero-order valence-corrected chi connectivity index (χ0v) is 21.2. The van der Waals surface area contributed by atoms with Gasteiger partial charge in [0, 0.05) is 26.7 Å². The molecule has 1 aliphatic heterocycles. The van der Waals surface area contributed by atoms with Crippen molar-refractivity contribution in [1.82, 2.24) is 19.9 Å². The number of ether oxygens (including phenoxy) is 1. The molecule has 1 aromatic heterocycles. The normalized spacial score (nSPS) is 15.4.